The highest BCUT2D eigenvalue weighted by molar-refractivity contribution is 5.79. The first kappa shape index (κ1) is 15.4. The molecule has 0 saturated carbocycles. The number of carboxylic acid groups (broad SMARTS) is 1. The van der Waals surface area contributed by atoms with Gasteiger partial charge >= 0.3 is 12.0 Å². The van der Waals surface area contributed by atoms with Gasteiger partial charge in [-0.05, 0) is 31.9 Å². The zero-order valence-corrected chi connectivity index (χ0v) is 12.5. The minimum absolute atomic E-state index is 0.233. The molecule has 2 rings (SSSR count). The highest BCUT2D eigenvalue weighted by Crippen LogP contribution is 2.35. The first-order valence-corrected chi connectivity index (χ1v) is 7.28. The lowest BCUT2D eigenvalue weighted by molar-refractivity contribution is -0.148. The van der Waals surface area contributed by atoms with E-state index in [1.165, 1.54) is 0 Å². The Kier molecular flexibility index (Phi) is 4.55. The van der Waals surface area contributed by atoms with Crippen LogP contribution < -0.4 is 5.32 Å². The number of hydrogen-bond donors (Lipinski definition) is 2. The standard InChI is InChI=1S/C15H22N2O4/c1-3-6-15(13(18)19)7-8-17(10-15)14(20)16-9-12-5-4-11(2)21-12/h4-5H,3,6-10H2,1-2H3,(H,16,20)(H,18,19). The lowest BCUT2D eigenvalue weighted by Crippen LogP contribution is -2.41. The van der Waals surface area contributed by atoms with E-state index in [4.69, 9.17) is 4.42 Å². The summed E-state index contributed by atoms with van der Waals surface area (Å²) in [4.78, 5) is 25.2. The second-order valence-electron chi connectivity index (χ2n) is 5.68. The number of urea groups is 1. The van der Waals surface area contributed by atoms with E-state index in [0.717, 1.165) is 12.2 Å². The number of likely N-dealkylation sites (tertiary alicyclic amines) is 1. The molecule has 2 heterocycles. The van der Waals surface area contributed by atoms with Crippen LogP contribution in [0.1, 0.15) is 37.7 Å². The van der Waals surface area contributed by atoms with E-state index in [1.807, 2.05) is 26.0 Å². The number of aryl methyl sites for hydroxylation is 1. The molecule has 1 fully saturated rings. The van der Waals surface area contributed by atoms with Gasteiger partial charge in [0, 0.05) is 13.1 Å². The molecular weight excluding hydrogens is 272 g/mol. The molecule has 0 spiro atoms. The summed E-state index contributed by atoms with van der Waals surface area (Å²) in [5.74, 6) is 0.688. The number of amides is 2. The van der Waals surface area contributed by atoms with Gasteiger partial charge in [0.25, 0.3) is 0 Å². The largest absolute Gasteiger partial charge is 0.481 e. The highest BCUT2D eigenvalue weighted by Gasteiger charge is 2.45. The van der Waals surface area contributed by atoms with Gasteiger partial charge in [0.1, 0.15) is 11.5 Å². The molecule has 1 aliphatic rings. The van der Waals surface area contributed by atoms with Gasteiger partial charge in [-0.2, -0.15) is 0 Å². The smallest absolute Gasteiger partial charge is 0.317 e. The minimum atomic E-state index is -0.804. The Morgan fingerprint density at radius 1 is 1.48 bits per heavy atom. The lowest BCUT2D eigenvalue weighted by atomic mass is 9.83. The summed E-state index contributed by atoms with van der Waals surface area (Å²) < 4.78 is 5.39. The van der Waals surface area contributed by atoms with Crippen LogP contribution in [0, 0.1) is 12.3 Å². The highest BCUT2D eigenvalue weighted by atomic mass is 16.4. The number of aliphatic carboxylic acids is 1. The molecule has 1 aromatic rings. The van der Waals surface area contributed by atoms with Gasteiger partial charge in [-0.1, -0.05) is 13.3 Å². The number of carbonyl (C=O) groups excluding carboxylic acids is 1. The maximum atomic E-state index is 12.1. The molecular formula is C15H22N2O4. The van der Waals surface area contributed by atoms with E-state index < -0.39 is 11.4 Å². The van der Waals surface area contributed by atoms with E-state index >= 15 is 0 Å². The Bertz CT molecular complexity index is 525. The second-order valence-corrected chi connectivity index (χ2v) is 5.68. The molecule has 0 aliphatic carbocycles. The van der Waals surface area contributed by atoms with Crippen LogP contribution in [-0.4, -0.2) is 35.1 Å². The van der Waals surface area contributed by atoms with Crippen molar-refractivity contribution in [1.29, 1.82) is 0 Å². The SMILES string of the molecule is CCCC1(C(=O)O)CCN(C(=O)NCc2ccc(C)o2)C1. The summed E-state index contributed by atoms with van der Waals surface area (Å²) in [6.07, 6.45) is 1.92. The predicted molar refractivity (Wildman–Crippen MR) is 76.8 cm³/mol. The first-order valence-electron chi connectivity index (χ1n) is 7.28. The minimum Gasteiger partial charge on any atom is -0.481 e. The molecule has 1 saturated heterocycles. The van der Waals surface area contributed by atoms with Crippen LogP contribution in [-0.2, 0) is 11.3 Å². The third-order valence-electron chi connectivity index (χ3n) is 4.03. The maximum absolute atomic E-state index is 12.1. The van der Waals surface area contributed by atoms with E-state index in [1.54, 1.807) is 4.90 Å². The van der Waals surface area contributed by atoms with Crippen molar-refractivity contribution in [3.63, 3.8) is 0 Å². The maximum Gasteiger partial charge on any atom is 0.317 e. The average molecular weight is 294 g/mol. The Morgan fingerprint density at radius 2 is 2.24 bits per heavy atom. The number of rotatable bonds is 5. The van der Waals surface area contributed by atoms with Crippen LogP contribution in [0.25, 0.3) is 0 Å². The third kappa shape index (κ3) is 3.37. The van der Waals surface area contributed by atoms with Crippen LogP contribution in [0.15, 0.2) is 16.5 Å². The topological polar surface area (TPSA) is 82.8 Å². The van der Waals surface area contributed by atoms with Crippen LogP contribution in [0.5, 0.6) is 0 Å². The zero-order valence-electron chi connectivity index (χ0n) is 12.5. The number of carboxylic acids is 1. The van der Waals surface area contributed by atoms with Crippen molar-refractivity contribution < 1.29 is 19.1 Å². The molecule has 1 unspecified atom stereocenters. The van der Waals surface area contributed by atoms with Gasteiger partial charge < -0.3 is 19.7 Å². The van der Waals surface area contributed by atoms with Gasteiger partial charge in [-0.15, -0.1) is 0 Å². The molecule has 0 radical (unpaired) electrons. The summed E-state index contributed by atoms with van der Waals surface area (Å²) in [5, 5.41) is 12.2. The first-order chi connectivity index (χ1) is 9.97. The fourth-order valence-corrected chi connectivity index (χ4v) is 2.86. The molecule has 0 bridgehead atoms. The number of nitrogens with zero attached hydrogens (tertiary/aromatic N) is 1. The number of carbonyl (C=O) groups is 2. The average Bonchev–Trinajstić information content (AvgIpc) is 3.04. The van der Waals surface area contributed by atoms with Crippen molar-refractivity contribution >= 4 is 12.0 Å². The molecule has 1 aromatic heterocycles. The van der Waals surface area contributed by atoms with Gasteiger partial charge in [0.05, 0.1) is 12.0 Å². The Balaban J connectivity index is 1.91. The van der Waals surface area contributed by atoms with Crippen molar-refractivity contribution in [3.05, 3.63) is 23.7 Å². The molecule has 0 aromatic carbocycles. The van der Waals surface area contributed by atoms with E-state index in [-0.39, 0.29) is 12.6 Å². The summed E-state index contributed by atoms with van der Waals surface area (Å²) in [6.45, 7) is 4.88. The molecule has 21 heavy (non-hydrogen) atoms. The molecule has 1 atom stereocenters. The zero-order chi connectivity index (χ0) is 15.5. The van der Waals surface area contributed by atoms with Crippen molar-refractivity contribution in [1.82, 2.24) is 10.2 Å². The Hall–Kier alpha value is -1.98. The molecule has 2 N–H and O–H groups in total. The van der Waals surface area contributed by atoms with E-state index in [0.29, 0.717) is 31.7 Å². The van der Waals surface area contributed by atoms with Crippen molar-refractivity contribution in [2.45, 2.75) is 39.7 Å². The second kappa shape index (κ2) is 6.20. The quantitative estimate of drug-likeness (QED) is 0.873. The molecule has 6 heteroatoms. The van der Waals surface area contributed by atoms with Crippen LogP contribution in [0.4, 0.5) is 4.79 Å². The normalized spacial score (nSPS) is 21.5. The third-order valence-corrected chi connectivity index (χ3v) is 4.03. The van der Waals surface area contributed by atoms with E-state index in [9.17, 15) is 14.7 Å². The van der Waals surface area contributed by atoms with Crippen LogP contribution in [0.3, 0.4) is 0 Å². The molecule has 6 nitrogen and oxygen atoms in total. The summed E-state index contributed by atoms with van der Waals surface area (Å²) >= 11 is 0. The summed E-state index contributed by atoms with van der Waals surface area (Å²) in [7, 11) is 0. The fraction of sp³-hybridized carbons (Fsp3) is 0.600. The predicted octanol–water partition coefficient (Wildman–Crippen LogP) is 2.37. The fourth-order valence-electron chi connectivity index (χ4n) is 2.86. The molecule has 2 amide bonds. The summed E-state index contributed by atoms with van der Waals surface area (Å²) in [5.41, 5.74) is -0.784. The van der Waals surface area contributed by atoms with Crippen molar-refractivity contribution in [2.75, 3.05) is 13.1 Å². The van der Waals surface area contributed by atoms with E-state index in [2.05, 4.69) is 5.32 Å². The number of nitrogens with one attached hydrogen (secondary N) is 1. The monoisotopic (exact) mass is 294 g/mol. The Morgan fingerprint density at radius 3 is 2.81 bits per heavy atom. The molecule has 116 valence electrons. The number of hydrogen-bond acceptors (Lipinski definition) is 3. The molecule has 1 aliphatic heterocycles. The summed E-state index contributed by atoms with van der Waals surface area (Å²) in [6, 6.07) is 3.43. The Labute approximate surface area is 124 Å². The number of furan rings is 1. The van der Waals surface area contributed by atoms with Crippen LogP contribution in [0.2, 0.25) is 0 Å². The van der Waals surface area contributed by atoms with Gasteiger partial charge in [-0.3, -0.25) is 4.79 Å². The van der Waals surface area contributed by atoms with Crippen molar-refractivity contribution in [3.8, 4) is 0 Å². The van der Waals surface area contributed by atoms with Crippen LogP contribution >= 0.6 is 0 Å². The van der Waals surface area contributed by atoms with Crippen molar-refractivity contribution in [2.24, 2.45) is 5.41 Å². The lowest BCUT2D eigenvalue weighted by Gasteiger charge is -2.24. The van der Waals surface area contributed by atoms with Gasteiger partial charge in [-0.25, -0.2) is 4.79 Å². The van der Waals surface area contributed by atoms with Gasteiger partial charge in [0.2, 0.25) is 0 Å². The van der Waals surface area contributed by atoms with Gasteiger partial charge in [0.15, 0.2) is 0 Å².